The maximum atomic E-state index is 13.4. The Morgan fingerprint density at radius 1 is 1.29 bits per heavy atom. The van der Waals surface area contributed by atoms with E-state index < -0.39 is 33.5 Å². The van der Waals surface area contributed by atoms with Crippen LogP contribution < -0.4 is 14.2 Å². The molecule has 0 saturated carbocycles. The first-order valence-electron chi connectivity index (χ1n) is 8.55. The summed E-state index contributed by atoms with van der Waals surface area (Å²) < 4.78 is 52.2. The molecule has 2 aromatic carbocycles. The second kappa shape index (κ2) is 7.40. The molecule has 1 aliphatic heterocycles. The molecule has 1 heterocycles. The number of fused-ring (bicyclic) bond motifs is 1. The van der Waals surface area contributed by atoms with Gasteiger partial charge in [-0.3, -0.25) is 0 Å². The molecule has 0 fully saturated rings. The molecule has 28 heavy (non-hydrogen) atoms. The van der Waals surface area contributed by atoms with Gasteiger partial charge in [-0.25, -0.2) is 22.3 Å². The Balaban J connectivity index is 1.85. The smallest absolute Gasteiger partial charge is 0.347 e. The monoisotopic (exact) mass is 409 g/mol. The number of hydrogen-bond donors (Lipinski definition) is 2. The number of nitrogens with one attached hydrogen (secondary N) is 1. The van der Waals surface area contributed by atoms with Gasteiger partial charge in [0.05, 0.1) is 17.5 Å². The van der Waals surface area contributed by atoms with E-state index in [-0.39, 0.29) is 11.5 Å². The van der Waals surface area contributed by atoms with Gasteiger partial charge in [0.2, 0.25) is 10.0 Å². The maximum Gasteiger partial charge on any atom is 0.347 e. The third kappa shape index (κ3) is 4.26. The van der Waals surface area contributed by atoms with Gasteiger partial charge in [-0.1, -0.05) is 12.1 Å². The lowest BCUT2D eigenvalue weighted by Gasteiger charge is -2.28. The number of halogens is 1. The van der Waals surface area contributed by atoms with Gasteiger partial charge >= 0.3 is 5.97 Å². The van der Waals surface area contributed by atoms with Gasteiger partial charge in [-0.15, -0.1) is 0 Å². The topological polar surface area (TPSA) is 102 Å². The number of sulfonamides is 1. The van der Waals surface area contributed by atoms with Gasteiger partial charge in [0.25, 0.3) is 0 Å². The molecule has 0 spiro atoms. The van der Waals surface area contributed by atoms with E-state index in [1.165, 1.54) is 38.1 Å². The number of rotatable bonds is 6. The SMILES string of the molecule is CC(C)(Oc1ccc2c(c1)OCCC2NS(=O)(=O)c1cccc(F)c1)C(=O)O. The highest BCUT2D eigenvalue weighted by Crippen LogP contribution is 2.36. The largest absolute Gasteiger partial charge is 0.493 e. The van der Waals surface area contributed by atoms with Gasteiger partial charge < -0.3 is 14.6 Å². The Hall–Kier alpha value is -2.65. The van der Waals surface area contributed by atoms with E-state index in [4.69, 9.17) is 9.47 Å². The first-order chi connectivity index (χ1) is 13.1. The zero-order valence-electron chi connectivity index (χ0n) is 15.3. The molecule has 2 aromatic rings. The molecule has 0 aromatic heterocycles. The molecule has 1 atom stereocenters. The van der Waals surface area contributed by atoms with Crippen molar-refractivity contribution in [3.8, 4) is 11.5 Å². The number of ether oxygens (including phenoxy) is 2. The number of hydrogen-bond acceptors (Lipinski definition) is 5. The van der Waals surface area contributed by atoms with Gasteiger partial charge in [-0.2, -0.15) is 0 Å². The lowest BCUT2D eigenvalue weighted by atomic mass is 10.0. The fourth-order valence-corrected chi connectivity index (χ4v) is 4.06. The van der Waals surface area contributed by atoms with Crippen LogP contribution >= 0.6 is 0 Å². The van der Waals surface area contributed by atoms with Crippen LogP contribution in [0.3, 0.4) is 0 Å². The van der Waals surface area contributed by atoms with Gasteiger partial charge in [0, 0.05) is 18.1 Å². The van der Waals surface area contributed by atoms with Crippen molar-refractivity contribution in [3.63, 3.8) is 0 Å². The maximum absolute atomic E-state index is 13.4. The average Bonchev–Trinajstić information content (AvgIpc) is 2.61. The van der Waals surface area contributed by atoms with Crippen molar-refractivity contribution in [2.24, 2.45) is 0 Å². The summed E-state index contributed by atoms with van der Waals surface area (Å²) in [4.78, 5) is 11.1. The molecule has 0 aliphatic carbocycles. The zero-order chi connectivity index (χ0) is 20.5. The van der Waals surface area contributed by atoms with E-state index in [0.29, 0.717) is 23.5 Å². The number of carboxylic acid groups (broad SMARTS) is 1. The minimum Gasteiger partial charge on any atom is -0.493 e. The zero-order valence-corrected chi connectivity index (χ0v) is 16.1. The van der Waals surface area contributed by atoms with Crippen LogP contribution in [0.2, 0.25) is 0 Å². The van der Waals surface area contributed by atoms with Crippen LogP contribution in [0.1, 0.15) is 31.9 Å². The van der Waals surface area contributed by atoms with Crippen LogP contribution in [0.25, 0.3) is 0 Å². The van der Waals surface area contributed by atoms with Crippen LogP contribution in [-0.2, 0) is 14.8 Å². The van der Waals surface area contributed by atoms with E-state index >= 15 is 0 Å². The fraction of sp³-hybridized carbons (Fsp3) is 0.316. The summed E-state index contributed by atoms with van der Waals surface area (Å²) >= 11 is 0. The van der Waals surface area contributed by atoms with E-state index in [9.17, 15) is 22.7 Å². The molecule has 3 rings (SSSR count). The Bertz CT molecular complexity index is 1010. The number of benzene rings is 2. The van der Waals surface area contributed by atoms with Crippen molar-refractivity contribution < 1.29 is 32.2 Å². The standard InChI is InChI=1S/C19H20FNO6S/c1-19(2,18(22)23)27-13-6-7-15-16(8-9-26-17(15)11-13)21-28(24,25)14-5-3-4-12(20)10-14/h3-7,10-11,16,21H,8-9H2,1-2H3,(H,22,23). The minimum atomic E-state index is -3.93. The Morgan fingerprint density at radius 2 is 2.04 bits per heavy atom. The van der Waals surface area contributed by atoms with Crippen molar-refractivity contribution in [2.75, 3.05) is 6.61 Å². The molecular formula is C19H20FNO6S. The quantitative estimate of drug-likeness (QED) is 0.761. The van der Waals surface area contributed by atoms with Gasteiger partial charge in [0.15, 0.2) is 5.60 Å². The molecule has 0 radical (unpaired) electrons. The van der Waals surface area contributed by atoms with Crippen molar-refractivity contribution >= 4 is 16.0 Å². The minimum absolute atomic E-state index is 0.163. The number of carboxylic acids is 1. The van der Waals surface area contributed by atoms with Crippen LogP contribution in [0.5, 0.6) is 11.5 Å². The first-order valence-corrected chi connectivity index (χ1v) is 10.0. The van der Waals surface area contributed by atoms with Gasteiger partial charge in [-0.05, 0) is 38.1 Å². The number of carbonyl (C=O) groups is 1. The summed E-state index contributed by atoms with van der Waals surface area (Å²) in [7, 11) is -3.93. The summed E-state index contributed by atoms with van der Waals surface area (Å²) in [5, 5.41) is 9.18. The van der Waals surface area contributed by atoms with Crippen LogP contribution in [0.4, 0.5) is 4.39 Å². The third-order valence-corrected chi connectivity index (χ3v) is 5.79. The van der Waals surface area contributed by atoms with E-state index in [0.717, 1.165) is 6.07 Å². The predicted octanol–water partition coefficient (Wildman–Crippen LogP) is 2.87. The van der Waals surface area contributed by atoms with Crippen molar-refractivity contribution in [2.45, 2.75) is 36.8 Å². The Morgan fingerprint density at radius 3 is 2.71 bits per heavy atom. The molecule has 1 aliphatic rings. The third-order valence-electron chi connectivity index (χ3n) is 4.32. The average molecular weight is 409 g/mol. The Labute approximate surface area is 162 Å². The highest BCUT2D eigenvalue weighted by molar-refractivity contribution is 7.89. The summed E-state index contributed by atoms with van der Waals surface area (Å²) in [5.74, 6) is -1.07. The molecular weight excluding hydrogens is 389 g/mol. The molecule has 9 heteroatoms. The summed E-state index contributed by atoms with van der Waals surface area (Å²) in [6.45, 7) is 3.10. The molecule has 0 bridgehead atoms. The van der Waals surface area contributed by atoms with Gasteiger partial charge in [0.1, 0.15) is 17.3 Å². The van der Waals surface area contributed by atoms with Crippen LogP contribution in [0, 0.1) is 5.82 Å². The summed E-state index contributed by atoms with van der Waals surface area (Å²) in [6.07, 6.45) is 0.391. The lowest BCUT2D eigenvalue weighted by molar-refractivity contribution is -0.152. The van der Waals surface area contributed by atoms with Crippen molar-refractivity contribution in [3.05, 3.63) is 53.8 Å². The lowest BCUT2D eigenvalue weighted by Crippen LogP contribution is -2.38. The second-order valence-corrected chi connectivity index (χ2v) is 8.60. The van der Waals surface area contributed by atoms with Crippen LogP contribution in [-0.4, -0.2) is 31.7 Å². The summed E-state index contributed by atoms with van der Waals surface area (Å²) in [6, 6.07) is 8.91. The molecule has 0 saturated heterocycles. The molecule has 0 amide bonds. The molecule has 2 N–H and O–H groups in total. The second-order valence-electron chi connectivity index (χ2n) is 6.89. The fourth-order valence-electron chi connectivity index (χ4n) is 2.78. The normalized spacial score (nSPS) is 16.8. The summed E-state index contributed by atoms with van der Waals surface area (Å²) in [5.41, 5.74) is -0.840. The highest BCUT2D eigenvalue weighted by atomic mass is 32.2. The van der Waals surface area contributed by atoms with Crippen molar-refractivity contribution in [1.29, 1.82) is 0 Å². The molecule has 150 valence electrons. The Kier molecular flexibility index (Phi) is 5.31. The van der Waals surface area contributed by atoms with E-state index in [1.807, 2.05) is 0 Å². The first kappa shape index (κ1) is 20.1. The predicted molar refractivity (Wildman–Crippen MR) is 98.4 cm³/mol. The van der Waals surface area contributed by atoms with Crippen molar-refractivity contribution in [1.82, 2.24) is 4.72 Å². The van der Waals surface area contributed by atoms with E-state index in [2.05, 4.69) is 4.72 Å². The molecule has 7 nitrogen and oxygen atoms in total. The van der Waals surface area contributed by atoms with Crippen LogP contribution in [0.15, 0.2) is 47.4 Å². The highest BCUT2D eigenvalue weighted by Gasteiger charge is 2.31. The number of aliphatic carboxylic acids is 1. The van der Waals surface area contributed by atoms with E-state index in [1.54, 1.807) is 12.1 Å². The molecule has 1 unspecified atom stereocenters.